The minimum atomic E-state index is 0. The molecule has 15 heavy (non-hydrogen) atoms. The standard InChI is InChI=1S/C11H19NO2.ClH/c1-14-10(13)9-2-3-11(8-9)4-6-12-7-5-11;/h9,12H,2-8H2,1H3;1H. The number of hydrogen-bond donors (Lipinski definition) is 1. The molecule has 0 aromatic heterocycles. The second kappa shape index (κ2) is 5.17. The van der Waals surface area contributed by atoms with Crippen LogP contribution in [0.1, 0.15) is 32.1 Å². The zero-order valence-electron chi connectivity index (χ0n) is 9.25. The van der Waals surface area contributed by atoms with Gasteiger partial charge in [0.1, 0.15) is 0 Å². The van der Waals surface area contributed by atoms with Crippen LogP contribution >= 0.6 is 12.4 Å². The normalized spacial score (nSPS) is 28.5. The highest BCUT2D eigenvalue weighted by atomic mass is 35.5. The van der Waals surface area contributed by atoms with E-state index < -0.39 is 0 Å². The van der Waals surface area contributed by atoms with Crippen LogP contribution in [-0.2, 0) is 9.53 Å². The van der Waals surface area contributed by atoms with E-state index in [2.05, 4.69) is 5.32 Å². The molecule has 1 spiro atoms. The van der Waals surface area contributed by atoms with Crippen molar-refractivity contribution in [3.63, 3.8) is 0 Å². The number of piperidine rings is 1. The number of hydrogen-bond acceptors (Lipinski definition) is 3. The van der Waals surface area contributed by atoms with Crippen molar-refractivity contribution in [2.75, 3.05) is 20.2 Å². The second-order valence-electron chi connectivity index (χ2n) is 4.71. The molecule has 1 heterocycles. The number of ether oxygens (including phenoxy) is 1. The van der Waals surface area contributed by atoms with Crippen LogP contribution in [-0.4, -0.2) is 26.2 Å². The highest BCUT2D eigenvalue weighted by Gasteiger charge is 2.42. The highest BCUT2D eigenvalue weighted by Crippen LogP contribution is 2.47. The molecule has 0 aromatic carbocycles. The first-order chi connectivity index (χ1) is 6.76. The van der Waals surface area contributed by atoms with Crippen LogP contribution in [0.2, 0.25) is 0 Å². The summed E-state index contributed by atoms with van der Waals surface area (Å²) in [6.45, 7) is 2.24. The molecule has 0 radical (unpaired) electrons. The molecule has 1 aliphatic carbocycles. The molecule has 1 saturated heterocycles. The van der Waals surface area contributed by atoms with Crippen LogP contribution < -0.4 is 5.32 Å². The van der Waals surface area contributed by atoms with Gasteiger partial charge in [0.15, 0.2) is 0 Å². The third-order valence-electron chi connectivity index (χ3n) is 3.90. The van der Waals surface area contributed by atoms with Gasteiger partial charge in [-0.25, -0.2) is 0 Å². The summed E-state index contributed by atoms with van der Waals surface area (Å²) >= 11 is 0. The van der Waals surface area contributed by atoms with E-state index in [1.54, 1.807) is 0 Å². The quantitative estimate of drug-likeness (QED) is 0.702. The summed E-state index contributed by atoms with van der Waals surface area (Å²) in [7, 11) is 1.50. The number of esters is 1. The Hall–Kier alpha value is -0.280. The van der Waals surface area contributed by atoms with Crippen molar-refractivity contribution in [1.82, 2.24) is 5.32 Å². The van der Waals surface area contributed by atoms with Crippen LogP contribution in [0.5, 0.6) is 0 Å². The molecular formula is C11H20ClNO2. The van der Waals surface area contributed by atoms with Gasteiger partial charge in [-0.05, 0) is 50.6 Å². The van der Waals surface area contributed by atoms with Gasteiger partial charge in [0.05, 0.1) is 13.0 Å². The Morgan fingerprint density at radius 2 is 2.00 bits per heavy atom. The minimum Gasteiger partial charge on any atom is -0.469 e. The van der Waals surface area contributed by atoms with Gasteiger partial charge in [0, 0.05) is 0 Å². The van der Waals surface area contributed by atoms with Crippen molar-refractivity contribution in [2.45, 2.75) is 32.1 Å². The smallest absolute Gasteiger partial charge is 0.308 e. The average molecular weight is 234 g/mol. The number of rotatable bonds is 1. The molecule has 1 aliphatic heterocycles. The lowest BCUT2D eigenvalue weighted by Crippen LogP contribution is -2.35. The number of methoxy groups -OCH3 is 1. The van der Waals surface area contributed by atoms with Crippen molar-refractivity contribution in [3.05, 3.63) is 0 Å². The Morgan fingerprint density at radius 1 is 1.33 bits per heavy atom. The van der Waals surface area contributed by atoms with E-state index in [1.165, 1.54) is 26.4 Å². The molecule has 2 rings (SSSR count). The minimum absolute atomic E-state index is 0. The van der Waals surface area contributed by atoms with Gasteiger partial charge in [0.2, 0.25) is 0 Å². The summed E-state index contributed by atoms with van der Waals surface area (Å²) in [6, 6.07) is 0. The molecule has 1 saturated carbocycles. The summed E-state index contributed by atoms with van der Waals surface area (Å²) in [4.78, 5) is 11.4. The van der Waals surface area contributed by atoms with Gasteiger partial charge in [0.25, 0.3) is 0 Å². The Labute approximate surface area is 97.4 Å². The van der Waals surface area contributed by atoms with Gasteiger partial charge in [-0.3, -0.25) is 4.79 Å². The monoisotopic (exact) mass is 233 g/mol. The van der Waals surface area contributed by atoms with Crippen LogP contribution in [0.15, 0.2) is 0 Å². The van der Waals surface area contributed by atoms with Crippen LogP contribution in [0.25, 0.3) is 0 Å². The van der Waals surface area contributed by atoms with Crippen molar-refractivity contribution < 1.29 is 9.53 Å². The average Bonchev–Trinajstić information content (AvgIpc) is 2.62. The molecular weight excluding hydrogens is 214 g/mol. The van der Waals surface area contributed by atoms with E-state index in [1.807, 2.05) is 0 Å². The SMILES string of the molecule is COC(=O)C1CCC2(CCNCC2)C1.Cl. The zero-order chi connectivity index (χ0) is 10.0. The van der Waals surface area contributed by atoms with Crippen molar-refractivity contribution in [3.8, 4) is 0 Å². The molecule has 0 aromatic rings. The zero-order valence-corrected chi connectivity index (χ0v) is 10.1. The van der Waals surface area contributed by atoms with E-state index >= 15 is 0 Å². The Balaban J connectivity index is 0.00000112. The lowest BCUT2D eigenvalue weighted by atomic mass is 9.77. The fraction of sp³-hybridized carbons (Fsp3) is 0.909. The summed E-state index contributed by atoms with van der Waals surface area (Å²) in [5, 5.41) is 3.38. The Bertz CT molecular complexity index is 227. The van der Waals surface area contributed by atoms with E-state index in [4.69, 9.17) is 4.74 Å². The van der Waals surface area contributed by atoms with Gasteiger partial charge >= 0.3 is 5.97 Å². The molecule has 1 unspecified atom stereocenters. The topological polar surface area (TPSA) is 38.3 Å². The Kier molecular flexibility index (Phi) is 4.41. The second-order valence-corrected chi connectivity index (χ2v) is 4.71. The maximum Gasteiger partial charge on any atom is 0.308 e. The van der Waals surface area contributed by atoms with Gasteiger partial charge in [-0.2, -0.15) is 0 Å². The van der Waals surface area contributed by atoms with Gasteiger partial charge in [-0.15, -0.1) is 12.4 Å². The van der Waals surface area contributed by atoms with Gasteiger partial charge < -0.3 is 10.1 Å². The molecule has 88 valence electrons. The summed E-state index contributed by atoms with van der Waals surface area (Å²) < 4.78 is 4.81. The molecule has 0 bridgehead atoms. The van der Waals surface area contributed by atoms with Crippen LogP contribution in [0.4, 0.5) is 0 Å². The molecule has 1 N–H and O–H groups in total. The predicted molar refractivity (Wildman–Crippen MR) is 61.1 cm³/mol. The maximum atomic E-state index is 11.4. The lowest BCUT2D eigenvalue weighted by Gasteiger charge is -2.33. The first kappa shape index (κ1) is 12.8. The van der Waals surface area contributed by atoms with Crippen LogP contribution in [0, 0.1) is 11.3 Å². The molecule has 3 nitrogen and oxygen atoms in total. The molecule has 2 fully saturated rings. The lowest BCUT2D eigenvalue weighted by molar-refractivity contribution is -0.145. The van der Waals surface area contributed by atoms with E-state index in [-0.39, 0.29) is 24.3 Å². The third-order valence-corrected chi connectivity index (χ3v) is 3.90. The first-order valence-electron chi connectivity index (χ1n) is 5.54. The fourth-order valence-electron chi connectivity index (χ4n) is 2.99. The molecule has 0 amide bonds. The molecule has 4 heteroatoms. The number of carbonyl (C=O) groups excluding carboxylic acids is 1. The number of carbonyl (C=O) groups is 1. The predicted octanol–water partition coefficient (Wildman–Crippen LogP) is 1.75. The van der Waals surface area contributed by atoms with Crippen LogP contribution in [0.3, 0.4) is 0 Å². The van der Waals surface area contributed by atoms with E-state index in [0.717, 1.165) is 25.9 Å². The largest absolute Gasteiger partial charge is 0.469 e. The third kappa shape index (κ3) is 2.64. The summed E-state index contributed by atoms with van der Waals surface area (Å²) in [5.41, 5.74) is 0.462. The molecule has 1 atom stereocenters. The highest BCUT2D eigenvalue weighted by molar-refractivity contribution is 5.85. The summed E-state index contributed by atoms with van der Waals surface area (Å²) in [6.07, 6.45) is 5.78. The number of nitrogens with one attached hydrogen (secondary N) is 1. The van der Waals surface area contributed by atoms with E-state index in [0.29, 0.717) is 5.41 Å². The van der Waals surface area contributed by atoms with E-state index in [9.17, 15) is 4.79 Å². The summed E-state index contributed by atoms with van der Waals surface area (Å²) in [5.74, 6) is 0.179. The van der Waals surface area contributed by atoms with Gasteiger partial charge in [-0.1, -0.05) is 0 Å². The number of halogens is 1. The fourth-order valence-corrected chi connectivity index (χ4v) is 2.99. The van der Waals surface area contributed by atoms with Crippen molar-refractivity contribution in [1.29, 1.82) is 0 Å². The Morgan fingerprint density at radius 3 is 2.60 bits per heavy atom. The first-order valence-corrected chi connectivity index (χ1v) is 5.54. The molecule has 2 aliphatic rings. The maximum absolute atomic E-state index is 11.4. The van der Waals surface area contributed by atoms with Crippen molar-refractivity contribution >= 4 is 18.4 Å². The van der Waals surface area contributed by atoms with Crippen molar-refractivity contribution in [2.24, 2.45) is 11.3 Å².